The zero-order chi connectivity index (χ0) is 35.5. The molecule has 0 bridgehead atoms. The highest BCUT2D eigenvalue weighted by Gasteiger charge is 2.36. The average molecular weight is 683 g/mol. The number of ether oxygens (including phenoxy) is 2. The summed E-state index contributed by atoms with van der Waals surface area (Å²) in [6, 6.07) is 40.3. The van der Waals surface area contributed by atoms with Crippen molar-refractivity contribution >= 4 is 11.8 Å². The highest BCUT2D eigenvalue weighted by Crippen LogP contribution is 2.39. The summed E-state index contributed by atoms with van der Waals surface area (Å²) in [7, 11) is 2.01. The second-order valence-corrected chi connectivity index (χ2v) is 13.5. The fourth-order valence-corrected chi connectivity index (χ4v) is 6.94. The fraction of sp³-hybridized carbons (Fsp3) is 0.256. The number of aliphatic hydroxyl groups excluding tert-OH is 2. The molecular weight excluding hydrogens is 640 g/mol. The Bertz CT molecular complexity index is 1950. The van der Waals surface area contributed by atoms with Gasteiger partial charge in [0.1, 0.15) is 0 Å². The van der Waals surface area contributed by atoms with Crippen molar-refractivity contribution in [3.05, 3.63) is 166 Å². The third-order valence-electron chi connectivity index (χ3n) is 10.1. The Morgan fingerprint density at radius 2 is 1.39 bits per heavy atom. The molecule has 0 aliphatic carbocycles. The number of nitrogens with zero attached hydrogens (tertiary/aromatic N) is 2. The maximum Gasteiger partial charge on any atom is 0.261 e. The number of hydrogen-bond acceptors (Lipinski definition) is 7. The summed E-state index contributed by atoms with van der Waals surface area (Å²) in [6.45, 7) is 2.78. The molecule has 51 heavy (non-hydrogen) atoms. The van der Waals surface area contributed by atoms with Crippen LogP contribution in [0.25, 0.3) is 11.1 Å². The number of amides is 2. The Labute approximate surface area is 298 Å². The standard InChI is InChI=1S/C43H42N2O6/c1-28(40(47)33-10-4-3-5-11-33)44(2)26-36-24-39(32-17-15-29(27-46)16-18-32)51-43(50-36)34-21-19-31(20-22-34)35-12-8-9-30(23-35)25-45-41(48)37-13-6-7-14-38(37)42(45)49/h3-23,28,36,39-40,43,46-47H,24-27H2,1-2H3. The van der Waals surface area contributed by atoms with E-state index in [-0.39, 0.29) is 43.2 Å². The van der Waals surface area contributed by atoms with Crippen molar-refractivity contribution in [2.24, 2.45) is 0 Å². The Hall–Kier alpha value is -4.96. The lowest BCUT2D eigenvalue weighted by Crippen LogP contribution is -2.43. The van der Waals surface area contributed by atoms with E-state index in [1.807, 2.05) is 117 Å². The van der Waals surface area contributed by atoms with E-state index in [1.54, 1.807) is 24.3 Å². The number of hydrogen-bond donors (Lipinski definition) is 2. The molecule has 260 valence electrons. The van der Waals surface area contributed by atoms with Crippen LogP contribution in [0.3, 0.4) is 0 Å². The van der Waals surface area contributed by atoms with E-state index >= 15 is 0 Å². The Morgan fingerprint density at radius 3 is 2.06 bits per heavy atom. The van der Waals surface area contributed by atoms with Crippen LogP contribution in [-0.4, -0.2) is 57.6 Å². The van der Waals surface area contributed by atoms with Gasteiger partial charge in [-0.25, -0.2) is 0 Å². The van der Waals surface area contributed by atoms with Gasteiger partial charge in [0, 0.05) is 24.6 Å². The molecule has 2 N–H and O–H groups in total. The number of carbonyl (C=O) groups is 2. The summed E-state index contributed by atoms with van der Waals surface area (Å²) >= 11 is 0. The third-order valence-corrected chi connectivity index (χ3v) is 10.1. The molecular formula is C43H42N2O6. The van der Waals surface area contributed by atoms with Gasteiger partial charge in [0.15, 0.2) is 6.29 Å². The molecule has 5 aromatic rings. The van der Waals surface area contributed by atoms with Crippen molar-refractivity contribution in [1.82, 2.24) is 9.80 Å². The predicted octanol–water partition coefficient (Wildman–Crippen LogP) is 7.24. The van der Waals surface area contributed by atoms with Crippen molar-refractivity contribution in [3.63, 3.8) is 0 Å². The predicted molar refractivity (Wildman–Crippen MR) is 194 cm³/mol. The van der Waals surface area contributed by atoms with Crippen molar-refractivity contribution in [2.45, 2.75) is 57.1 Å². The molecule has 5 unspecified atom stereocenters. The van der Waals surface area contributed by atoms with Crippen LogP contribution >= 0.6 is 0 Å². The molecule has 0 spiro atoms. The summed E-state index contributed by atoms with van der Waals surface area (Å²) < 4.78 is 13.2. The molecule has 2 amide bonds. The Morgan fingerprint density at radius 1 is 0.745 bits per heavy atom. The van der Waals surface area contributed by atoms with Crippen molar-refractivity contribution in [1.29, 1.82) is 0 Å². The van der Waals surface area contributed by atoms with Crippen LogP contribution in [-0.2, 0) is 22.6 Å². The highest BCUT2D eigenvalue weighted by atomic mass is 16.7. The van der Waals surface area contributed by atoms with Crippen molar-refractivity contribution < 1.29 is 29.3 Å². The average Bonchev–Trinajstić information content (AvgIpc) is 3.42. The monoisotopic (exact) mass is 682 g/mol. The molecule has 5 aromatic carbocycles. The quantitative estimate of drug-likeness (QED) is 0.142. The van der Waals surface area contributed by atoms with Gasteiger partial charge in [0.05, 0.1) is 42.6 Å². The molecule has 0 saturated carbocycles. The summed E-state index contributed by atoms with van der Waals surface area (Å²) in [4.78, 5) is 29.4. The highest BCUT2D eigenvalue weighted by molar-refractivity contribution is 6.21. The third kappa shape index (κ3) is 7.42. The van der Waals surface area contributed by atoms with Crippen LogP contribution in [0.2, 0.25) is 0 Å². The summed E-state index contributed by atoms with van der Waals surface area (Å²) in [5.74, 6) is -0.543. The lowest BCUT2D eigenvalue weighted by atomic mass is 9.98. The minimum Gasteiger partial charge on any atom is -0.392 e. The largest absolute Gasteiger partial charge is 0.392 e. The van der Waals surface area contributed by atoms with Gasteiger partial charge in [-0.3, -0.25) is 19.4 Å². The van der Waals surface area contributed by atoms with E-state index in [0.717, 1.165) is 38.9 Å². The van der Waals surface area contributed by atoms with Gasteiger partial charge in [-0.2, -0.15) is 0 Å². The van der Waals surface area contributed by atoms with Gasteiger partial charge in [0.25, 0.3) is 11.8 Å². The van der Waals surface area contributed by atoms with Crippen LogP contribution in [0, 0.1) is 0 Å². The molecule has 2 aliphatic rings. The molecule has 1 fully saturated rings. The maximum absolute atomic E-state index is 13.0. The van der Waals surface area contributed by atoms with E-state index in [2.05, 4.69) is 4.90 Å². The summed E-state index contributed by atoms with van der Waals surface area (Å²) in [5.41, 5.74) is 7.30. The first-order chi connectivity index (χ1) is 24.8. The van der Waals surface area contributed by atoms with Crippen LogP contribution in [0.15, 0.2) is 127 Å². The molecule has 8 nitrogen and oxygen atoms in total. The lowest BCUT2D eigenvalue weighted by molar-refractivity contribution is -0.253. The van der Waals surface area contributed by atoms with Crippen LogP contribution < -0.4 is 0 Å². The van der Waals surface area contributed by atoms with Crippen LogP contribution in [0.5, 0.6) is 0 Å². The first-order valence-corrected chi connectivity index (χ1v) is 17.4. The molecule has 5 atom stereocenters. The zero-order valence-electron chi connectivity index (χ0n) is 28.8. The van der Waals surface area contributed by atoms with E-state index in [1.165, 1.54) is 4.90 Å². The van der Waals surface area contributed by atoms with Gasteiger partial charge in [0.2, 0.25) is 0 Å². The van der Waals surface area contributed by atoms with E-state index in [9.17, 15) is 19.8 Å². The second kappa shape index (κ2) is 15.1. The molecule has 8 heteroatoms. The first kappa shape index (κ1) is 34.5. The van der Waals surface area contributed by atoms with Gasteiger partial charge in [-0.1, -0.05) is 109 Å². The normalized spacial score (nSPS) is 20.0. The number of aliphatic hydroxyl groups is 2. The Kier molecular flexibility index (Phi) is 10.2. The number of carbonyl (C=O) groups excluding carboxylic acids is 2. The van der Waals surface area contributed by atoms with E-state index in [4.69, 9.17) is 9.47 Å². The van der Waals surface area contributed by atoms with E-state index < -0.39 is 12.4 Å². The minimum atomic E-state index is -0.646. The molecule has 1 saturated heterocycles. The SMILES string of the molecule is CC(C(O)c1ccccc1)N(C)CC1CC(c2ccc(CO)cc2)OC(c2ccc(-c3cccc(CN4C(=O)c5ccccc5C4=O)c3)cc2)O1. The molecule has 7 rings (SSSR count). The maximum atomic E-state index is 13.0. The molecule has 0 radical (unpaired) electrons. The Balaban J connectivity index is 1.08. The second-order valence-electron chi connectivity index (χ2n) is 13.5. The molecule has 0 aromatic heterocycles. The number of rotatable bonds is 11. The molecule has 2 aliphatic heterocycles. The number of likely N-dealkylation sites (N-methyl/N-ethyl adjacent to an activating group) is 1. The van der Waals surface area contributed by atoms with Gasteiger partial charge < -0.3 is 19.7 Å². The topological polar surface area (TPSA) is 99.5 Å². The summed E-state index contributed by atoms with van der Waals surface area (Å²) in [5, 5.41) is 20.7. The smallest absolute Gasteiger partial charge is 0.261 e. The number of benzene rings is 5. The number of imide groups is 1. The number of fused-ring (bicyclic) bond motifs is 1. The minimum absolute atomic E-state index is 0.0232. The van der Waals surface area contributed by atoms with Crippen molar-refractivity contribution in [2.75, 3.05) is 13.6 Å². The van der Waals surface area contributed by atoms with Crippen LogP contribution in [0.4, 0.5) is 0 Å². The zero-order valence-corrected chi connectivity index (χ0v) is 28.8. The first-order valence-electron chi connectivity index (χ1n) is 17.4. The van der Waals surface area contributed by atoms with E-state index in [0.29, 0.717) is 24.1 Å². The fourth-order valence-electron chi connectivity index (χ4n) is 6.94. The molecule has 2 heterocycles. The summed E-state index contributed by atoms with van der Waals surface area (Å²) in [6.07, 6.45) is -1.05. The van der Waals surface area contributed by atoms with Crippen molar-refractivity contribution in [3.8, 4) is 11.1 Å². The van der Waals surface area contributed by atoms with Gasteiger partial charge in [-0.05, 0) is 65.6 Å². The van der Waals surface area contributed by atoms with Gasteiger partial charge in [-0.15, -0.1) is 0 Å². The van der Waals surface area contributed by atoms with Gasteiger partial charge >= 0.3 is 0 Å². The van der Waals surface area contributed by atoms with Crippen LogP contribution in [0.1, 0.15) is 80.4 Å². The lowest BCUT2D eigenvalue weighted by Gasteiger charge is -2.39.